The zero-order valence-corrected chi connectivity index (χ0v) is 11.1. The molecule has 3 N–H and O–H groups in total. The highest BCUT2D eigenvalue weighted by molar-refractivity contribution is 7.19. The van der Waals surface area contributed by atoms with Crippen LogP contribution in [0.3, 0.4) is 0 Å². The molecule has 0 aliphatic carbocycles. The van der Waals surface area contributed by atoms with Gasteiger partial charge in [0, 0.05) is 5.41 Å². The van der Waals surface area contributed by atoms with E-state index in [1.54, 1.807) is 10.7 Å². The molecule has 18 heavy (non-hydrogen) atoms. The number of anilines is 1. The summed E-state index contributed by atoms with van der Waals surface area (Å²) >= 11 is 1.44. The van der Waals surface area contributed by atoms with Crippen molar-refractivity contribution in [2.24, 2.45) is 0 Å². The number of hydrogen-bond acceptors (Lipinski definition) is 6. The monoisotopic (exact) mass is 263 g/mol. The molecule has 3 heterocycles. The van der Waals surface area contributed by atoms with Crippen LogP contribution in [0.25, 0.3) is 15.5 Å². The molecule has 0 saturated carbocycles. The lowest BCUT2D eigenvalue weighted by Crippen LogP contribution is -2.16. The molecule has 0 amide bonds. The van der Waals surface area contributed by atoms with E-state index in [9.17, 15) is 0 Å². The highest BCUT2D eigenvalue weighted by Gasteiger charge is 2.24. The Hall–Kier alpha value is -1.96. The second kappa shape index (κ2) is 3.52. The quantitative estimate of drug-likeness (QED) is 0.692. The van der Waals surface area contributed by atoms with E-state index in [2.05, 4.69) is 46.3 Å². The van der Waals surface area contributed by atoms with Gasteiger partial charge in [0.2, 0.25) is 4.96 Å². The van der Waals surface area contributed by atoms with Crippen molar-refractivity contribution in [3.05, 3.63) is 12.0 Å². The lowest BCUT2D eigenvalue weighted by Gasteiger charge is -2.13. The number of nitrogens with two attached hydrogens (primary N) is 1. The number of aromatic nitrogens is 6. The predicted molar refractivity (Wildman–Crippen MR) is 69.4 cm³/mol. The minimum Gasteiger partial charge on any atom is -0.383 e. The maximum Gasteiger partial charge on any atom is 0.235 e. The Morgan fingerprint density at radius 2 is 2.11 bits per heavy atom. The normalized spacial score (nSPS) is 12.4. The molecule has 7 nitrogen and oxygen atoms in total. The molecule has 0 fully saturated rings. The average Bonchev–Trinajstić information content (AvgIpc) is 2.87. The second-order valence-electron chi connectivity index (χ2n) is 5.07. The van der Waals surface area contributed by atoms with Crippen molar-refractivity contribution in [3.63, 3.8) is 0 Å². The summed E-state index contributed by atoms with van der Waals surface area (Å²) in [7, 11) is 0. The number of aromatic amines is 1. The van der Waals surface area contributed by atoms with Crippen LogP contribution in [-0.4, -0.2) is 30.0 Å². The Bertz CT molecular complexity index is 699. The highest BCUT2D eigenvalue weighted by atomic mass is 32.1. The molecule has 0 aromatic carbocycles. The lowest BCUT2D eigenvalue weighted by molar-refractivity contribution is 0.528. The zero-order valence-electron chi connectivity index (χ0n) is 10.3. The summed E-state index contributed by atoms with van der Waals surface area (Å²) in [6, 6.07) is 0. The lowest BCUT2D eigenvalue weighted by atomic mass is 9.96. The first-order chi connectivity index (χ1) is 8.47. The van der Waals surface area contributed by atoms with Gasteiger partial charge in [-0.3, -0.25) is 5.10 Å². The number of nitrogen functional groups attached to an aromatic ring is 1. The predicted octanol–water partition coefficient (Wildman–Crippen LogP) is 1.46. The molecule has 94 valence electrons. The van der Waals surface area contributed by atoms with Crippen molar-refractivity contribution in [3.8, 4) is 10.6 Å². The molecule has 0 saturated heterocycles. The van der Waals surface area contributed by atoms with Crippen LogP contribution in [0.1, 0.15) is 26.6 Å². The van der Waals surface area contributed by atoms with Gasteiger partial charge in [-0.05, 0) is 0 Å². The van der Waals surface area contributed by atoms with Crippen molar-refractivity contribution in [2.45, 2.75) is 26.2 Å². The van der Waals surface area contributed by atoms with Gasteiger partial charge >= 0.3 is 0 Å². The van der Waals surface area contributed by atoms with Crippen molar-refractivity contribution >= 4 is 22.1 Å². The molecule has 3 aromatic rings. The molecule has 0 spiro atoms. The Morgan fingerprint density at radius 1 is 1.33 bits per heavy atom. The minimum absolute atomic E-state index is 0.104. The SMILES string of the molecule is CC(C)(C)c1nnc2sc(-c3cn[nH]c3N)nn12. The topological polar surface area (TPSA) is 97.8 Å². The van der Waals surface area contributed by atoms with E-state index in [1.165, 1.54) is 11.3 Å². The Morgan fingerprint density at radius 3 is 2.72 bits per heavy atom. The Balaban J connectivity index is 2.19. The van der Waals surface area contributed by atoms with Crippen molar-refractivity contribution in [2.75, 3.05) is 5.73 Å². The van der Waals surface area contributed by atoms with Crippen LogP contribution in [0.4, 0.5) is 5.82 Å². The summed E-state index contributed by atoms with van der Waals surface area (Å²) < 4.78 is 1.77. The molecule has 0 aliphatic heterocycles. The van der Waals surface area contributed by atoms with Crippen molar-refractivity contribution < 1.29 is 0 Å². The molecule has 3 rings (SSSR count). The van der Waals surface area contributed by atoms with Crippen LogP contribution in [0.15, 0.2) is 6.20 Å². The van der Waals surface area contributed by atoms with Crippen LogP contribution >= 0.6 is 11.3 Å². The van der Waals surface area contributed by atoms with Gasteiger partial charge in [0.1, 0.15) is 5.82 Å². The van der Waals surface area contributed by atoms with Gasteiger partial charge < -0.3 is 5.73 Å². The van der Waals surface area contributed by atoms with Crippen molar-refractivity contribution in [1.29, 1.82) is 0 Å². The molecular formula is C10H13N7S. The maximum absolute atomic E-state index is 5.79. The fraction of sp³-hybridized carbons (Fsp3) is 0.400. The van der Waals surface area contributed by atoms with Gasteiger partial charge in [0.05, 0.1) is 11.8 Å². The first-order valence-electron chi connectivity index (χ1n) is 5.49. The van der Waals surface area contributed by atoms with Gasteiger partial charge in [0.25, 0.3) is 0 Å². The van der Waals surface area contributed by atoms with Crippen LogP contribution in [0.5, 0.6) is 0 Å². The molecule has 0 radical (unpaired) electrons. The fourth-order valence-corrected chi connectivity index (χ4v) is 2.52. The largest absolute Gasteiger partial charge is 0.383 e. The van der Waals surface area contributed by atoms with Gasteiger partial charge in [-0.1, -0.05) is 32.1 Å². The highest BCUT2D eigenvalue weighted by Crippen LogP contribution is 2.30. The summed E-state index contributed by atoms with van der Waals surface area (Å²) in [5.41, 5.74) is 6.48. The number of H-pyrrole nitrogens is 1. The zero-order chi connectivity index (χ0) is 12.9. The van der Waals surface area contributed by atoms with E-state index in [0.717, 1.165) is 21.4 Å². The smallest absolute Gasteiger partial charge is 0.235 e. The molecule has 0 unspecified atom stereocenters. The molecule has 0 bridgehead atoms. The van der Waals surface area contributed by atoms with E-state index >= 15 is 0 Å². The molecule has 8 heteroatoms. The fourth-order valence-electron chi connectivity index (χ4n) is 1.66. The number of nitrogens with one attached hydrogen (secondary N) is 1. The third kappa shape index (κ3) is 1.57. The second-order valence-corrected chi connectivity index (χ2v) is 6.03. The molecule has 0 atom stereocenters. The standard InChI is InChI=1S/C10H13N7S/c1-10(2,3)8-14-15-9-17(8)16-7(18-9)5-4-12-13-6(5)11/h4H,1-3H3,(H3,11,12,13). The van der Waals surface area contributed by atoms with E-state index in [4.69, 9.17) is 5.73 Å². The Labute approximate surface area is 107 Å². The van der Waals surface area contributed by atoms with Crippen LogP contribution in [0.2, 0.25) is 0 Å². The van der Waals surface area contributed by atoms with E-state index in [0.29, 0.717) is 5.82 Å². The van der Waals surface area contributed by atoms with Crippen LogP contribution in [0, 0.1) is 0 Å². The van der Waals surface area contributed by atoms with E-state index in [-0.39, 0.29) is 5.41 Å². The maximum atomic E-state index is 5.79. The molecule has 3 aromatic heterocycles. The summed E-state index contributed by atoms with van der Waals surface area (Å²) in [4.78, 5) is 0.760. The van der Waals surface area contributed by atoms with Gasteiger partial charge in [-0.15, -0.1) is 10.2 Å². The summed E-state index contributed by atoms with van der Waals surface area (Å²) in [6.45, 7) is 6.23. The number of hydrogen-bond donors (Lipinski definition) is 2. The molecular weight excluding hydrogens is 250 g/mol. The summed E-state index contributed by atoms with van der Waals surface area (Å²) in [5, 5.41) is 20.2. The van der Waals surface area contributed by atoms with Crippen molar-refractivity contribution in [1.82, 2.24) is 30.0 Å². The summed E-state index contributed by atoms with van der Waals surface area (Å²) in [6.07, 6.45) is 1.66. The van der Waals surface area contributed by atoms with Gasteiger partial charge in [0.15, 0.2) is 10.8 Å². The molecule has 0 aliphatic rings. The first-order valence-corrected chi connectivity index (χ1v) is 6.30. The van der Waals surface area contributed by atoms with Crippen LogP contribution < -0.4 is 5.73 Å². The van der Waals surface area contributed by atoms with Crippen LogP contribution in [-0.2, 0) is 5.41 Å². The minimum atomic E-state index is -0.104. The van der Waals surface area contributed by atoms with E-state index < -0.39 is 0 Å². The summed E-state index contributed by atoms with van der Waals surface area (Å²) in [5.74, 6) is 1.35. The van der Waals surface area contributed by atoms with Gasteiger partial charge in [-0.2, -0.15) is 14.7 Å². The average molecular weight is 263 g/mol. The third-order valence-corrected chi connectivity index (χ3v) is 3.49. The van der Waals surface area contributed by atoms with Gasteiger partial charge in [-0.25, -0.2) is 0 Å². The van der Waals surface area contributed by atoms with E-state index in [1.807, 2.05) is 0 Å². The number of nitrogens with zero attached hydrogens (tertiary/aromatic N) is 5. The first kappa shape index (κ1) is 11.1. The third-order valence-electron chi connectivity index (χ3n) is 2.56. The Kier molecular flexibility index (Phi) is 2.18. The number of rotatable bonds is 1. The number of fused-ring (bicyclic) bond motifs is 1.